The number of aliphatic carboxylic acids is 2. The van der Waals surface area contributed by atoms with E-state index in [2.05, 4.69) is 10.6 Å². The molecule has 1 saturated carbocycles. The van der Waals surface area contributed by atoms with Crippen LogP contribution >= 0.6 is 0 Å². The Hall–Kier alpha value is -1.79. The summed E-state index contributed by atoms with van der Waals surface area (Å²) in [6.45, 7) is 0.505. The van der Waals surface area contributed by atoms with E-state index in [1.54, 1.807) is 0 Å². The monoisotopic (exact) mass is 258 g/mol. The molecule has 1 atom stereocenters. The summed E-state index contributed by atoms with van der Waals surface area (Å²) in [6.07, 6.45) is 3.82. The van der Waals surface area contributed by atoms with Crippen LogP contribution in [0.1, 0.15) is 32.1 Å². The van der Waals surface area contributed by atoms with Gasteiger partial charge in [0.25, 0.3) is 0 Å². The zero-order valence-electron chi connectivity index (χ0n) is 10.0. The average molecular weight is 258 g/mol. The average Bonchev–Trinajstić information content (AvgIpc) is 2.77. The maximum Gasteiger partial charge on any atom is 0.326 e. The van der Waals surface area contributed by atoms with Crippen LogP contribution in [0.5, 0.6) is 0 Å². The summed E-state index contributed by atoms with van der Waals surface area (Å²) in [5.74, 6) is -2.18. The second kappa shape index (κ2) is 6.83. The van der Waals surface area contributed by atoms with Gasteiger partial charge in [0.15, 0.2) is 0 Å². The van der Waals surface area contributed by atoms with Gasteiger partial charge in [0, 0.05) is 6.54 Å². The van der Waals surface area contributed by atoms with Gasteiger partial charge in [-0.2, -0.15) is 0 Å². The lowest BCUT2D eigenvalue weighted by atomic mass is 10.1. The maximum absolute atomic E-state index is 11.4. The molecular formula is C11H18N2O5. The maximum atomic E-state index is 11.4. The van der Waals surface area contributed by atoms with Crippen LogP contribution in [0.15, 0.2) is 0 Å². The summed E-state index contributed by atoms with van der Waals surface area (Å²) < 4.78 is 0. The normalized spacial score (nSPS) is 17.1. The fourth-order valence-corrected chi connectivity index (χ4v) is 2.04. The Morgan fingerprint density at radius 3 is 2.28 bits per heavy atom. The van der Waals surface area contributed by atoms with Crippen molar-refractivity contribution in [1.82, 2.24) is 10.6 Å². The molecule has 0 spiro atoms. The smallest absolute Gasteiger partial charge is 0.326 e. The van der Waals surface area contributed by atoms with Gasteiger partial charge in [-0.1, -0.05) is 12.8 Å². The van der Waals surface area contributed by atoms with Crippen LogP contribution in [0.4, 0.5) is 4.79 Å². The Labute approximate surface area is 105 Å². The highest BCUT2D eigenvalue weighted by atomic mass is 16.4. The number of carbonyl (C=O) groups is 3. The lowest BCUT2D eigenvalue weighted by Gasteiger charge is -2.15. The standard InChI is InChI=1S/C11H18N2O5/c14-9(15)5-8(10(16)17)13-11(18)12-6-7-3-1-2-4-7/h7-8H,1-6H2,(H,14,15)(H,16,17)(H2,12,13,18)/t8-/m0/s1. The molecule has 2 amide bonds. The van der Waals surface area contributed by atoms with Crippen molar-refractivity contribution in [3.8, 4) is 0 Å². The molecule has 0 aromatic carbocycles. The topological polar surface area (TPSA) is 116 Å². The summed E-state index contributed by atoms with van der Waals surface area (Å²) in [5, 5.41) is 22.0. The summed E-state index contributed by atoms with van der Waals surface area (Å²) in [6, 6.07) is -2.03. The molecule has 0 aromatic heterocycles. The Morgan fingerprint density at radius 2 is 1.78 bits per heavy atom. The number of rotatable bonds is 6. The minimum atomic E-state index is -1.40. The van der Waals surface area contributed by atoms with Crippen molar-refractivity contribution in [3.05, 3.63) is 0 Å². The number of carboxylic acids is 2. The predicted octanol–water partition coefficient (Wildman–Crippen LogP) is 0.404. The van der Waals surface area contributed by atoms with Gasteiger partial charge in [-0.05, 0) is 18.8 Å². The molecule has 0 bridgehead atoms. The molecule has 0 aromatic rings. The van der Waals surface area contributed by atoms with Gasteiger partial charge < -0.3 is 20.8 Å². The van der Waals surface area contributed by atoms with E-state index in [-0.39, 0.29) is 0 Å². The third-order valence-electron chi connectivity index (χ3n) is 3.01. The molecule has 102 valence electrons. The molecule has 4 N–H and O–H groups in total. The molecule has 7 heteroatoms. The van der Waals surface area contributed by atoms with E-state index >= 15 is 0 Å². The number of carboxylic acid groups (broad SMARTS) is 2. The van der Waals surface area contributed by atoms with Crippen LogP contribution in [-0.2, 0) is 9.59 Å². The van der Waals surface area contributed by atoms with Crippen LogP contribution in [0, 0.1) is 5.92 Å². The Morgan fingerprint density at radius 1 is 1.17 bits per heavy atom. The first-order valence-corrected chi connectivity index (χ1v) is 5.98. The van der Waals surface area contributed by atoms with Crippen molar-refractivity contribution in [2.24, 2.45) is 5.92 Å². The van der Waals surface area contributed by atoms with Crippen molar-refractivity contribution >= 4 is 18.0 Å². The zero-order valence-corrected chi connectivity index (χ0v) is 10.0. The third-order valence-corrected chi connectivity index (χ3v) is 3.01. The molecule has 1 aliphatic rings. The first kappa shape index (κ1) is 14.3. The second-order valence-electron chi connectivity index (χ2n) is 4.49. The predicted molar refractivity (Wildman–Crippen MR) is 62.2 cm³/mol. The fraction of sp³-hybridized carbons (Fsp3) is 0.727. The van der Waals surface area contributed by atoms with Crippen molar-refractivity contribution in [3.63, 3.8) is 0 Å². The summed E-state index contributed by atoms with van der Waals surface area (Å²) >= 11 is 0. The van der Waals surface area contributed by atoms with E-state index in [1.165, 1.54) is 0 Å². The van der Waals surface area contributed by atoms with Crippen LogP contribution in [0.25, 0.3) is 0 Å². The first-order valence-electron chi connectivity index (χ1n) is 5.98. The molecule has 0 heterocycles. The number of nitrogens with one attached hydrogen (secondary N) is 2. The van der Waals surface area contributed by atoms with Crippen molar-refractivity contribution in [1.29, 1.82) is 0 Å². The minimum absolute atomic E-state index is 0.443. The first-order chi connectivity index (χ1) is 8.49. The number of carbonyl (C=O) groups excluding carboxylic acids is 1. The zero-order chi connectivity index (χ0) is 13.5. The van der Waals surface area contributed by atoms with Crippen LogP contribution < -0.4 is 10.6 Å². The summed E-state index contributed by atoms with van der Waals surface area (Å²) in [7, 11) is 0. The van der Waals surface area contributed by atoms with Gasteiger partial charge >= 0.3 is 18.0 Å². The van der Waals surface area contributed by atoms with Crippen molar-refractivity contribution in [2.45, 2.75) is 38.1 Å². The van der Waals surface area contributed by atoms with Crippen LogP contribution in [0.3, 0.4) is 0 Å². The van der Waals surface area contributed by atoms with Crippen molar-refractivity contribution in [2.75, 3.05) is 6.54 Å². The fourth-order valence-electron chi connectivity index (χ4n) is 2.04. The largest absolute Gasteiger partial charge is 0.481 e. The number of urea groups is 1. The molecule has 7 nitrogen and oxygen atoms in total. The SMILES string of the molecule is O=C(O)C[C@H](NC(=O)NCC1CCCC1)C(=O)O. The number of hydrogen-bond donors (Lipinski definition) is 4. The molecule has 1 rings (SSSR count). The van der Waals surface area contributed by atoms with Gasteiger partial charge in [-0.15, -0.1) is 0 Å². The van der Waals surface area contributed by atoms with E-state index in [4.69, 9.17) is 10.2 Å². The number of amides is 2. The molecule has 1 aliphatic carbocycles. The molecular weight excluding hydrogens is 240 g/mol. The molecule has 0 saturated heterocycles. The highest BCUT2D eigenvalue weighted by Gasteiger charge is 2.23. The highest BCUT2D eigenvalue weighted by molar-refractivity contribution is 5.86. The summed E-state index contributed by atoms with van der Waals surface area (Å²) in [4.78, 5) is 32.6. The van der Waals surface area contributed by atoms with E-state index in [0.29, 0.717) is 12.5 Å². The van der Waals surface area contributed by atoms with E-state index in [0.717, 1.165) is 25.7 Å². The van der Waals surface area contributed by atoms with Gasteiger partial charge in [-0.25, -0.2) is 9.59 Å². The quantitative estimate of drug-likeness (QED) is 0.550. The lowest BCUT2D eigenvalue weighted by molar-refractivity contribution is -0.145. The highest BCUT2D eigenvalue weighted by Crippen LogP contribution is 2.23. The van der Waals surface area contributed by atoms with Gasteiger partial charge in [0.05, 0.1) is 6.42 Å². The molecule has 0 unspecified atom stereocenters. The lowest BCUT2D eigenvalue weighted by Crippen LogP contribution is -2.47. The Bertz CT molecular complexity index is 325. The third kappa shape index (κ3) is 5.03. The number of hydrogen-bond acceptors (Lipinski definition) is 3. The van der Waals surface area contributed by atoms with Gasteiger partial charge in [0.1, 0.15) is 6.04 Å². The Balaban J connectivity index is 2.31. The second-order valence-corrected chi connectivity index (χ2v) is 4.49. The molecule has 0 radical (unpaired) electrons. The van der Waals surface area contributed by atoms with Crippen LogP contribution in [-0.4, -0.2) is 40.8 Å². The molecule has 18 heavy (non-hydrogen) atoms. The summed E-state index contributed by atoms with van der Waals surface area (Å²) in [5.41, 5.74) is 0. The van der Waals surface area contributed by atoms with E-state index in [1.807, 2.05) is 0 Å². The van der Waals surface area contributed by atoms with Gasteiger partial charge in [-0.3, -0.25) is 4.79 Å². The molecule has 0 aliphatic heterocycles. The molecule has 1 fully saturated rings. The van der Waals surface area contributed by atoms with E-state index in [9.17, 15) is 14.4 Å². The van der Waals surface area contributed by atoms with Crippen LogP contribution in [0.2, 0.25) is 0 Å². The van der Waals surface area contributed by atoms with Crippen molar-refractivity contribution < 1.29 is 24.6 Å². The van der Waals surface area contributed by atoms with Gasteiger partial charge in [0.2, 0.25) is 0 Å². The minimum Gasteiger partial charge on any atom is -0.481 e. The van der Waals surface area contributed by atoms with E-state index < -0.39 is 30.4 Å². The Kier molecular flexibility index (Phi) is 5.41.